The van der Waals surface area contributed by atoms with Gasteiger partial charge in [-0.3, -0.25) is 4.90 Å². The van der Waals surface area contributed by atoms with Gasteiger partial charge in [-0.25, -0.2) is 4.79 Å². The Morgan fingerprint density at radius 1 is 1.27 bits per heavy atom. The molecule has 2 heterocycles. The Hall–Kier alpha value is -1.79. The highest BCUT2D eigenvalue weighted by Crippen LogP contribution is 2.44. The molecule has 1 aromatic carbocycles. The predicted molar refractivity (Wildman–Crippen MR) is 97.3 cm³/mol. The van der Waals surface area contributed by atoms with Crippen molar-refractivity contribution in [3.8, 4) is 5.75 Å². The lowest BCUT2D eigenvalue weighted by molar-refractivity contribution is -0.141. The molecule has 1 aromatic rings. The van der Waals surface area contributed by atoms with E-state index in [1.54, 1.807) is 12.0 Å². The second-order valence-corrected chi connectivity index (χ2v) is 8.38. The SMILES string of the molecule is COc1cc(C)ccc1C1(O)CC2COCC(C1)N2C(=O)OC(C)(C)C. The van der Waals surface area contributed by atoms with Crippen molar-refractivity contribution < 1.29 is 24.1 Å². The number of nitrogens with zero attached hydrogens (tertiary/aromatic N) is 1. The Bertz CT molecular complexity index is 667. The summed E-state index contributed by atoms with van der Waals surface area (Å²) in [7, 11) is 1.61. The number of ether oxygens (including phenoxy) is 3. The summed E-state index contributed by atoms with van der Waals surface area (Å²) in [5.41, 5.74) is 0.229. The summed E-state index contributed by atoms with van der Waals surface area (Å²) in [6.45, 7) is 8.35. The van der Waals surface area contributed by atoms with Gasteiger partial charge in [0.25, 0.3) is 0 Å². The zero-order chi connectivity index (χ0) is 19.1. The lowest BCUT2D eigenvalue weighted by Crippen LogP contribution is -2.63. The molecule has 6 heteroatoms. The van der Waals surface area contributed by atoms with Crippen LogP contribution in [-0.2, 0) is 15.1 Å². The fraction of sp³-hybridized carbons (Fsp3) is 0.650. The molecule has 2 bridgehead atoms. The van der Waals surface area contributed by atoms with Crippen LogP contribution in [0.15, 0.2) is 18.2 Å². The van der Waals surface area contributed by atoms with E-state index in [9.17, 15) is 9.90 Å². The van der Waals surface area contributed by atoms with E-state index in [1.165, 1.54) is 0 Å². The van der Waals surface area contributed by atoms with Crippen molar-refractivity contribution in [2.24, 2.45) is 0 Å². The molecule has 3 rings (SSSR count). The molecule has 0 saturated carbocycles. The van der Waals surface area contributed by atoms with Crippen LogP contribution in [-0.4, -0.2) is 54.1 Å². The van der Waals surface area contributed by atoms with Crippen molar-refractivity contribution in [3.63, 3.8) is 0 Å². The number of amides is 1. The molecule has 2 atom stereocenters. The molecule has 0 aliphatic carbocycles. The van der Waals surface area contributed by atoms with E-state index in [4.69, 9.17) is 14.2 Å². The molecular weight excluding hydrogens is 334 g/mol. The highest BCUT2D eigenvalue weighted by atomic mass is 16.6. The maximum atomic E-state index is 12.7. The fourth-order valence-electron chi connectivity index (χ4n) is 3.99. The molecule has 2 aliphatic rings. The third-order valence-corrected chi connectivity index (χ3v) is 5.02. The van der Waals surface area contributed by atoms with Gasteiger partial charge in [0.1, 0.15) is 11.4 Å². The van der Waals surface area contributed by atoms with Gasteiger partial charge in [0.05, 0.1) is 38.0 Å². The van der Waals surface area contributed by atoms with Crippen molar-refractivity contribution >= 4 is 6.09 Å². The molecule has 0 aromatic heterocycles. The molecule has 0 radical (unpaired) electrons. The first kappa shape index (κ1) is 19.0. The standard InChI is InChI=1S/C20H29NO5/c1-13-6-7-16(17(8-13)24-5)20(23)9-14-11-25-12-15(10-20)21(14)18(22)26-19(2,3)4/h6-8,14-15,23H,9-12H2,1-5H3. The summed E-state index contributed by atoms with van der Waals surface area (Å²) < 4.78 is 16.7. The number of benzene rings is 1. The van der Waals surface area contributed by atoms with Crippen LogP contribution < -0.4 is 4.74 Å². The second kappa shape index (κ2) is 6.74. The van der Waals surface area contributed by atoms with Crippen molar-refractivity contribution in [1.82, 2.24) is 4.90 Å². The van der Waals surface area contributed by atoms with Crippen LogP contribution >= 0.6 is 0 Å². The van der Waals surface area contributed by atoms with Gasteiger partial charge in [-0.1, -0.05) is 12.1 Å². The normalized spacial score (nSPS) is 28.6. The van der Waals surface area contributed by atoms with Crippen molar-refractivity contribution in [3.05, 3.63) is 29.3 Å². The van der Waals surface area contributed by atoms with E-state index in [0.29, 0.717) is 31.8 Å². The van der Waals surface area contributed by atoms with Gasteiger partial charge < -0.3 is 19.3 Å². The number of aliphatic hydroxyl groups is 1. The summed E-state index contributed by atoms with van der Waals surface area (Å²) in [6, 6.07) is 5.37. The van der Waals surface area contributed by atoms with Gasteiger partial charge in [0.2, 0.25) is 0 Å². The molecule has 144 valence electrons. The number of aryl methyl sites for hydroxylation is 1. The van der Waals surface area contributed by atoms with Crippen LogP contribution in [0.5, 0.6) is 5.75 Å². The van der Waals surface area contributed by atoms with E-state index in [-0.39, 0.29) is 18.2 Å². The van der Waals surface area contributed by atoms with Crippen molar-refractivity contribution in [1.29, 1.82) is 0 Å². The van der Waals surface area contributed by atoms with Crippen LogP contribution in [0.25, 0.3) is 0 Å². The fourth-order valence-corrected chi connectivity index (χ4v) is 3.99. The van der Waals surface area contributed by atoms with Gasteiger partial charge >= 0.3 is 6.09 Å². The average molecular weight is 363 g/mol. The Morgan fingerprint density at radius 3 is 2.42 bits per heavy atom. The first-order valence-electron chi connectivity index (χ1n) is 9.09. The van der Waals surface area contributed by atoms with Crippen LogP contribution in [0.2, 0.25) is 0 Å². The summed E-state index contributed by atoms with van der Waals surface area (Å²) in [5.74, 6) is 0.678. The number of piperidine rings is 1. The number of morpholine rings is 1. The molecule has 1 N–H and O–H groups in total. The van der Waals surface area contributed by atoms with E-state index >= 15 is 0 Å². The van der Waals surface area contributed by atoms with Crippen LogP contribution in [0.4, 0.5) is 4.79 Å². The maximum Gasteiger partial charge on any atom is 0.410 e. The number of fused-ring (bicyclic) bond motifs is 2. The van der Waals surface area contributed by atoms with E-state index in [0.717, 1.165) is 11.1 Å². The monoisotopic (exact) mass is 363 g/mol. The predicted octanol–water partition coefficient (Wildman–Crippen LogP) is 2.99. The Balaban J connectivity index is 1.89. The van der Waals surface area contributed by atoms with Gasteiger partial charge in [-0.2, -0.15) is 0 Å². The number of hydrogen-bond acceptors (Lipinski definition) is 5. The zero-order valence-electron chi connectivity index (χ0n) is 16.2. The molecule has 26 heavy (non-hydrogen) atoms. The summed E-state index contributed by atoms with van der Waals surface area (Å²) in [5, 5.41) is 11.5. The molecule has 6 nitrogen and oxygen atoms in total. The Labute approximate surface area is 155 Å². The molecule has 2 saturated heterocycles. The van der Waals surface area contributed by atoms with Crippen molar-refractivity contribution in [2.75, 3.05) is 20.3 Å². The first-order chi connectivity index (χ1) is 12.1. The molecule has 2 aliphatic heterocycles. The Kier molecular flexibility index (Phi) is 4.92. The number of carbonyl (C=O) groups is 1. The van der Waals surface area contributed by atoms with Gasteiger partial charge in [-0.15, -0.1) is 0 Å². The first-order valence-corrected chi connectivity index (χ1v) is 9.09. The number of methoxy groups -OCH3 is 1. The minimum atomic E-state index is -1.06. The van der Waals surface area contributed by atoms with Crippen LogP contribution in [0, 0.1) is 6.92 Å². The van der Waals surface area contributed by atoms with Gasteiger partial charge in [0.15, 0.2) is 0 Å². The third-order valence-electron chi connectivity index (χ3n) is 5.02. The number of carbonyl (C=O) groups excluding carboxylic acids is 1. The summed E-state index contributed by atoms with van der Waals surface area (Å²) >= 11 is 0. The molecule has 2 fully saturated rings. The zero-order valence-corrected chi connectivity index (χ0v) is 16.2. The topological polar surface area (TPSA) is 68.2 Å². The van der Waals surface area contributed by atoms with E-state index < -0.39 is 11.2 Å². The minimum Gasteiger partial charge on any atom is -0.496 e. The summed E-state index contributed by atoms with van der Waals surface area (Å²) in [4.78, 5) is 14.4. The third kappa shape index (κ3) is 3.67. The number of rotatable bonds is 2. The largest absolute Gasteiger partial charge is 0.496 e. The lowest BCUT2D eigenvalue weighted by atomic mass is 9.76. The molecule has 0 spiro atoms. The Morgan fingerprint density at radius 2 is 1.88 bits per heavy atom. The van der Waals surface area contributed by atoms with Gasteiger partial charge in [0, 0.05) is 18.4 Å². The number of hydrogen-bond donors (Lipinski definition) is 1. The molecule has 2 unspecified atom stereocenters. The van der Waals surface area contributed by atoms with Crippen molar-refractivity contribution in [2.45, 2.75) is 63.8 Å². The highest BCUT2D eigenvalue weighted by molar-refractivity contribution is 5.69. The smallest absolute Gasteiger partial charge is 0.410 e. The highest BCUT2D eigenvalue weighted by Gasteiger charge is 2.50. The molecule has 1 amide bonds. The van der Waals surface area contributed by atoms with Crippen LogP contribution in [0.1, 0.15) is 44.7 Å². The summed E-state index contributed by atoms with van der Waals surface area (Å²) in [6.07, 6.45) is 0.443. The maximum absolute atomic E-state index is 12.7. The quantitative estimate of drug-likeness (QED) is 0.875. The molecular formula is C20H29NO5. The lowest BCUT2D eigenvalue weighted by Gasteiger charge is -2.51. The van der Waals surface area contributed by atoms with E-state index in [2.05, 4.69) is 0 Å². The average Bonchev–Trinajstić information content (AvgIpc) is 2.51. The second-order valence-electron chi connectivity index (χ2n) is 8.38. The van der Waals surface area contributed by atoms with E-state index in [1.807, 2.05) is 45.9 Å². The van der Waals surface area contributed by atoms with Crippen LogP contribution in [0.3, 0.4) is 0 Å². The minimum absolute atomic E-state index is 0.228. The van der Waals surface area contributed by atoms with Gasteiger partial charge in [-0.05, 0) is 39.3 Å².